The number of benzene rings is 2. The van der Waals surface area contributed by atoms with E-state index in [-0.39, 0.29) is 17.2 Å². The molecule has 0 saturated carbocycles. The highest BCUT2D eigenvalue weighted by atomic mass is 32.1. The molecule has 0 N–H and O–H groups in total. The van der Waals surface area contributed by atoms with Crippen molar-refractivity contribution >= 4 is 43.9 Å². The Labute approximate surface area is 165 Å². The molecule has 0 unspecified atom stereocenters. The number of rotatable bonds is 4. The van der Waals surface area contributed by atoms with Gasteiger partial charge in [0.2, 0.25) is 0 Å². The van der Waals surface area contributed by atoms with Crippen LogP contribution in [0.3, 0.4) is 0 Å². The molecule has 0 saturated heterocycles. The Bertz CT molecular complexity index is 1260. The van der Waals surface area contributed by atoms with E-state index in [1.807, 2.05) is 31.2 Å². The van der Waals surface area contributed by atoms with Crippen molar-refractivity contribution in [1.82, 2.24) is 4.57 Å². The van der Waals surface area contributed by atoms with E-state index in [0.717, 1.165) is 15.6 Å². The summed E-state index contributed by atoms with van der Waals surface area (Å²) in [4.78, 5) is 27.9. The van der Waals surface area contributed by atoms with Gasteiger partial charge in [0.25, 0.3) is 11.5 Å². The number of aromatic nitrogens is 1. The first-order chi connectivity index (χ1) is 13.6. The molecule has 0 spiro atoms. The maximum Gasteiger partial charge on any atom is 0.268 e. The fourth-order valence-corrected chi connectivity index (χ4v) is 4.69. The van der Waals surface area contributed by atoms with Crippen molar-refractivity contribution in [1.29, 1.82) is 0 Å². The maximum absolute atomic E-state index is 14.2. The number of thiophene rings is 1. The van der Waals surface area contributed by atoms with Gasteiger partial charge in [-0.25, -0.2) is 4.39 Å². The van der Waals surface area contributed by atoms with Crippen molar-refractivity contribution in [3.63, 3.8) is 0 Å². The van der Waals surface area contributed by atoms with Crippen LogP contribution in [0.2, 0.25) is 0 Å². The van der Waals surface area contributed by atoms with Crippen LogP contribution in [-0.2, 0) is 6.54 Å². The second-order valence-corrected chi connectivity index (χ2v) is 7.47. The summed E-state index contributed by atoms with van der Waals surface area (Å²) in [6.07, 6.45) is 0. The van der Waals surface area contributed by atoms with E-state index >= 15 is 0 Å². The van der Waals surface area contributed by atoms with Crippen molar-refractivity contribution in [3.8, 4) is 0 Å². The number of hydrogen-bond acceptors (Lipinski definition) is 3. The van der Waals surface area contributed by atoms with E-state index in [2.05, 4.69) is 0 Å². The normalized spacial score (nSPS) is 11.2. The van der Waals surface area contributed by atoms with Crippen LogP contribution in [0.5, 0.6) is 0 Å². The number of carbonyl (C=O) groups is 1. The Morgan fingerprint density at radius 2 is 1.79 bits per heavy atom. The SMILES string of the molecule is CCN(C(=O)c1cc2c(=O)n(CC)c3ccccc3c2s1)c1ccccc1F. The Morgan fingerprint density at radius 1 is 1.07 bits per heavy atom. The molecule has 6 heteroatoms. The highest BCUT2D eigenvalue weighted by molar-refractivity contribution is 7.21. The molecule has 142 valence electrons. The van der Waals surface area contributed by atoms with Gasteiger partial charge < -0.3 is 9.47 Å². The summed E-state index contributed by atoms with van der Waals surface area (Å²) in [5, 5.41) is 1.47. The zero-order chi connectivity index (χ0) is 19.8. The Kier molecular flexibility index (Phi) is 4.73. The molecule has 0 radical (unpaired) electrons. The summed E-state index contributed by atoms with van der Waals surface area (Å²) >= 11 is 1.29. The lowest BCUT2D eigenvalue weighted by molar-refractivity contribution is 0.0991. The molecular formula is C22H19FN2O2S. The molecule has 2 heterocycles. The van der Waals surface area contributed by atoms with Crippen molar-refractivity contribution in [2.45, 2.75) is 20.4 Å². The van der Waals surface area contributed by atoms with E-state index in [4.69, 9.17) is 0 Å². The molecule has 4 nitrogen and oxygen atoms in total. The molecule has 0 atom stereocenters. The highest BCUT2D eigenvalue weighted by Crippen LogP contribution is 2.32. The fourth-order valence-electron chi connectivity index (χ4n) is 3.55. The predicted molar refractivity (Wildman–Crippen MR) is 113 cm³/mol. The number of aryl methyl sites for hydroxylation is 1. The molecule has 1 amide bonds. The monoisotopic (exact) mass is 394 g/mol. The van der Waals surface area contributed by atoms with Gasteiger partial charge in [-0.3, -0.25) is 9.59 Å². The van der Waals surface area contributed by atoms with Gasteiger partial charge in [0.05, 0.1) is 21.5 Å². The Morgan fingerprint density at radius 3 is 2.50 bits per heavy atom. The summed E-state index contributed by atoms with van der Waals surface area (Å²) < 4.78 is 16.7. The van der Waals surface area contributed by atoms with Gasteiger partial charge in [0.1, 0.15) is 5.82 Å². The topological polar surface area (TPSA) is 42.3 Å². The summed E-state index contributed by atoms with van der Waals surface area (Å²) in [7, 11) is 0. The van der Waals surface area contributed by atoms with Gasteiger partial charge in [-0.05, 0) is 38.1 Å². The standard InChI is InChI=1S/C22H19FN2O2S/c1-3-24-17-11-7-5-9-14(17)20-15(21(24)26)13-19(28-20)22(27)25(4-2)18-12-8-6-10-16(18)23/h5-13H,3-4H2,1-2H3. The molecule has 2 aromatic carbocycles. The van der Waals surface area contributed by atoms with Crippen LogP contribution in [0.15, 0.2) is 59.4 Å². The van der Waals surface area contributed by atoms with Crippen LogP contribution in [-0.4, -0.2) is 17.0 Å². The van der Waals surface area contributed by atoms with Gasteiger partial charge in [-0.2, -0.15) is 0 Å². The van der Waals surface area contributed by atoms with Crippen LogP contribution in [0, 0.1) is 5.82 Å². The maximum atomic E-state index is 14.2. The molecule has 4 rings (SSSR count). The van der Waals surface area contributed by atoms with Crippen molar-refractivity contribution in [2.24, 2.45) is 0 Å². The minimum Gasteiger partial charge on any atom is -0.308 e. The van der Waals surface area contributed by atoms with E-state index in [9.17, 15) is 14.0 Å². The number of anilines is 1. The Balaban J connectivity index is 1.92. The molecule has 0 fully saturated rings. The van der Waals surface area contributed by atoms with Gasteiger partial charge in [-0.1, -0.05) is 30.3 Å². The van der Waals surface area contributed by atoms with Gasteiger partial charge in [0.15, 0.2) is 0 Å². The van der Waals surface area contributed by atoms with E-state index in [1.165, 1.54) is 22.3 Å². The number of hydrogen-bond donors (Lipinski definition) is 0. The third-order valence-corrected chi connectivity index (χ3v) is 6.04. The average Bonchev–Trinajstić information content (AvgIpc) is 3.16. The van der Waals surface area contributed by atoms with E-state index in [1.54, 1.807) is 35.8 Å². The third kappa shape index (κ3) is 2.81. The lowest BCUT2D eigenvalue weighted by Gasteiger charge is -2.20. The van der Waals surface area contributed by atoms with Crippen molar-refractivity contribution < 1.29 is 9.18 Å². The van der Waals surface area contributed by atoms with Crippen molar-refractivity contribution in [2.75, 3.05) is 11.4 Å². The zero-order valence-electron chi connectivity index (χ0n) is 15.6. The van der Waals surface area contributed by atoms with E-state index in [0.29, 0.717) is 23.4 Å². The molecule has 0 aliphatic carbocycles. The van der Waals surface area contributed by atoms with Crippen LogP contribution in [0.1, 0.15) is 23.5 Å². The summed E-state index contributed by atoms with van der Waals surface area (Å²) in [5.74, 6) is -0.752. The lowest BCUT2D eigenvalue weighted by atomic mass is 10.1. The molecule has 2 aromatic heterocycles. The average molecular weight is 394 g/mol. The molecular weight excluding hydrogens is 375 g/mol. The van der Waals surface area contributed by atoms with Crippen LogP contribution in [0.25, 0.3) is 21.0 Å². The number of amides is 1. The minimum atomic E-state index is -0.447. The summed E-state index contributed by atoms with van der Waals surface area (Å²) in [6.45, 7) is 4.60. The smallest absolute Gasteiger partial charge is 0.268 e. The molecule has 0 bridgehead atoms. The van der Waals surface area contributed by atoms with Gasteiger partial charge in [-0.15, -0.1) is 11.3 Å². The number of nitrogens with zero attached hydrogens (tertiary/aromatic N) is 2. The summed E-state index contributed by atoms with van der Waals surface area (Å²) in [5.41, 5.74) is 0.980. The van der Waals surface area contributed by atoms with E-state index < -0.39 is 5.82 Å². The zero-order valence-corrected chi connectivity index (χ0v) is 16.4. The number of para-hydroxylation sites is 2. The largest absolute Gasteiger partial charge is 0.308 e. The quantitative estimate of drug-likeness (QED) is 0.487. The van der Waals surface area contributed by atoms with Crippen LogP contribution >= 0.6 is 11.3 Å². The molecule has 4 aromatic rings. The molecule has 0 aliphatic rings. The summed E-state index contributed by atoms with van der Waals surface area (Å²) in [6, 6.07) is 15.6. The number of pyridine rings is 1. The minimum absolute atomic E-state index is 0.111. The third-order valence-electron chi connectivity index (χ3n) is 4.88. The predicted octanol–water partition coefficient (Wildman–Crippen LogP) is 5.04. The molecule has 28 heavy (non-hydrogen) atoms. The fraction of sp³-hybridized carbons (Fsp3) is 0.182. The van der Waals surface area contributed by atoms with Crippen molar-refractivity contribution in [3.05, 3.63) is 75.6 Å². The first kappa shape index (κ1) is 18.4. The lowest BCUT2D eigenvalue weighted by Crippen LogP contribution is -2.30. The highest BCUT2D eigenvalue weighted by Gasteiger charge is 2.23. The number of carbonyl (C=O) groups excluding carboxylic acids is 1. The number of halogens is 1. The van der Waals surface area contributed by atoms with Crippen LogP contribution in [0.4, 0.5) is 10.1 Å². The first-order valence-corrected chi connectivity index (χ1v) is 10.00. The van der Waals surface area contributed by atoms with Crippen LogP contribution < -0.4 is 10.5 Å². The number of fused-ring (bicyclic) bond motifs is 3. The van der Waals surface area contributed by atoms with Gasteiger partial charge >= 0.3 is 0 Å². The Hall–Kier alpha value is -2.99. The molecule has 0 aliphatic heterocycles. The first-order valence-electron chi connectivity index (χ1n) is 9.18. The van der Waals surface area contributed by atoms with Gasteiger partial charge in [0, 0.05) is 23.2 Å². The second kappa shape index (κ2) is 7.20. The second-order valence-electron chi connectivity index (χ2n) is 6.42.